The molecule has 2 atom stereocenters. The van der Waals surface area contributed by atoms with E-state index in [9.17, 15) is 0 Å². The first-order valence-electron chi connectivity index (χ1n) is 8.04. The summed E-state index contributed by atoms with van der Waals surface area (Å²) in [5, 5.41) is 3.54. The molecule has 2 aromatic rings. The van der Waals surface area contributed by atoms with E-state index in [0.29, 0.717) is 6.04 Å². The van der Waals surface area contributed by atoms with Gasteiger partial charge in [0.2, 0.25) is 0 Å². The Morgan fingerprint density at radius 3 is 2.43 bits per heavy atom. The van der Waals surface area contributed by atoms with Crippen LogP contribution in [0.25, 0.3) is 0 Å². The first kappa shape index (κ1) is 17.6. The monoisotopic (exact) mass is 333 g/mol. The van der Waals surface area contributed by atoms with E-state index in [1.54, 1.807) is 0 Å². The molecule has 4 heteroatoms. The van der Waals surface area contributed by atoms with Gasteiger partial charge in [-0.2, -0.15) is 0 Å². The summed E-state index contributed by atoms with van der Waals surface area (Å²) in [7, 11) is 0. The lowest BCUT2D eigenvalue weighted by atomic mass is 10.0. The Balaban J connectivity index is 0.00000192. The maximum Gasteiger partial charge on any atom is 0.131 e. The first-order valence-corrected chi connectivity index (χ1v) is 8.04. The third kappa shape index (κ3) is 5.15. The molecule has 0 radical (unpaired) electrons. The summed E-state index contributed by atoms with van der Waals surface area (Å²) in [6.45, 7) is 3.23. The van der Waals surface area contributed by atoms with Crippen LogP contribution in [0.5, 0.6) is 17.2 Å². The lowest BCUT2D eigenvalue weighted by Gasteiger charge is -2.29. The number of hydrogen-bond acceptors (Lipinski definition) is 3. The van der Waals surface area contributed by atoms with Crippen LogP contribution in [-0.4, -0.2) is 18.7 Å². The van der Waals surface area contributed by atoms with Crippen LogP contribution in [0.3, 0.4) is 0 Å². The number of halogens is 1. The SMILES string of the molecule is CC(Oc1cccc(Oc2ccccc2)c1)[C@@H]1CCCCN1.Cl. The van der Waals surface area contributed by atoms with E-state index in [1.807, 2.05) is 54.6 Å². The maximum absolute atomic E-state index is 6.09. The second kappa shape index (κ2) is 8.80. The second-order valence-corrected chi connectivity index (χ2v) is 5.77. The summed E-state index contributed by atoms with van der Waals surface area (Å²) in [5.74, 6) is 2.49. The van der Waals surface area contributed by atoms with E-state index in [4.69, 9.17) is 9.47 Å². The van der Waals surface area contributed by atoms with Crippen LogP contribution in [0.15, 0.2) is 54.6 Å². The molecule has 0 spiro atoms. The summed E-state index contributed by atoms with van der Waals surface area (Å²) in [4.78, 5) is 0. The third-order valence-electron chi connectivity index (χ3n) is 4.02. The molecule has 1 N–H and O–H groups in total. The van der Waals surface area contributed by atoms with Crippen molar-refractivity contribution in [2.75, 3.05) is 6.54 Å². The van der Waals surface area contributed by atoms with Crippen LogP contribution in [-0.2, 0) is 0 Å². The highest BCUT2D eigenvalue weighted by atomic mass is 35.5. The van der Waals surface area contributed by atoms with Gasteiger partial charge < -0.3 is 14.8 Å². The molecule has 1 saturated heterocycles. The molecule has 3 nitrogen and oxygen atoms in total. The molecule has 23 heavy (non-hydrogen) atoms. The summed E-state index contributed by atoms with van der Waals surface area (Å²) in [6, 6.07) is 18.1. The van der Waals surface area contributed by atoms with Crippen LogP contribution in [0, 0.1) is 0 Å². The number of nitrogens with one attached hydrogen (secondary N) is 1. The minimum absolute atomic E-state index is 0. The molecule has 3 rings (SSSR count). The predicted octanol–water partition coefficient (Wildman–Crippen LogP) is 4.81. The van der Waals surface area contributed by atoms with E-state index < -0.39 is 0 Å². The van der Waals surface area contributed by atoms with Gasteiger partial charge in [0.25, 0.3) is 0 Å². The molecule has 0 bridgehead atoms. The minimum atomic E-state index is 0. The van der Waals surface area contributed by atoms with Gasteiger partial charge in [-0.1, -0.05) is 30.7 Å². The summed E-state index contributed by atoms with van der Waals surface area (Å²) >= 11 is 0. The van der Waals surface area contributed by atoms with Crippen LogP contribution in [0.4, 0.5) is 0 Å². The number of rotatable bonds is 5. The molecular formula is C19H24ClNO2. The fourth-order valence-corrected chi connectivity index (χ4v) is 2.81. The third-order valence-corrected chi connectivity index (χ3v) is 4.02. The van der Waals surface area contributed by atoms with Crippen molar-refractivity contribution in [2.45, 2.75) is 38.3 Å². The highest BCUT2D eigenvalue weighted by Crippen LogP contribution is 2.26. The maximum atomic E-state index is 6.09. The number of piperidine rings is 1. The molecule has 1 heterocycles. The topological polar surface area (TPSA) is 30.5 Å². The van der Waals surface area contributed by atoms with Crippen molar-refractivity contribution in [3.05, 3.63) is 54.6 Å². The van der Waals surface area contributed by atoms with Gasteiger partial charge in [0.15, 0.2) is 0 Å². The Labute approximate surface area is 144 Å². The van der Waals surface area contributed by atoms with Gasteiger partial charge in [0.1, 0.15) is 23.4 Å². The molecule has 0 amide bonds. The Kier molecular flexibility index (Phi) is 6.75. The van der Waals surface area contributed by atoms with Crippen LogP contribution in [0.1, 0.15) is 26.2 Å². The van der Waals surface area contributed by atoms with E-state index in [1.165, 1.54) is 19.3 Å². The van der Waals surface area contributed by atoms with Gasteiger partial charge in [-0.25, -0.2) is 0 Å². The van der Waals surface area contributed by atoms with Gasteiger partial charge >= 0.3 is 0 Å². The molecule has 124 valence electrons. The average Bonchev–Trinajstić information content (AvgIpc) is 2.57. The fourth-order valence-electron chi connectivity index (χ4n) is 2.81. The fraction of sp³-hybridized carbons (Fsp3) is 0.368. The van der Waals surface area contributed by atoms with E-state index in [2.05, 4.69) is 12.2 Å². The van der Waals surface area contributed by atoms with Gasteiger partial charge in [0.05, 0.1) is 0 Å². The van der Waals surface area contributed by atoms with E-state index in [-0.39, 0.29) is 18.5 Å². The van der Waals surface area contributed by atoms with Crippen LogP contribution >= 0.6 is 12.4 Å². The Hall–Kier alpha value is -1.71. The Bertz CT molecular complexity index is 585. The van der Waals surface area contributed by atoms with Crippen molar-refractivity contribution in [2.24, 2.45) is 0 Å². The lowest BCUT2D eigenvalue weighted by molar-refractivity contribution is 0.152. The average molecular weight is 334 g/mol. The van der Waals surface area contributed by atoms with Crippen molar-refractivity contribution < 1.29 is 9.47 Å². The van der Waals surface area contributed by atoms with Gasteiger partial charge in [-0.3, -0.25) is 0 Å². The number of ether oxygens (including phenoxy) is 2. The van der Waals surface area contributed by atoms with Crippen LogP contribution in [0.2, 0.25) is 0 Å². The van der Waals surface area contributed by atoms with E-state index in [0.717, 1.165) is 23.8 Å². The van der Waals surface area contributed by atoms with Crippen molar-refractivity contribution in [3.8, 4) is 17.2 Å². The molecule has 0 saturated carbocycles. The van der Waals surface area contributed by atoms with Gasteiger partial charge in [-0.05, 0) is 50.6 Å². The molecule has 0 aliphatic carbocycles. The normalized spacial score (nSPS) is 18.6. The lowest BCUT2D eigenvalue weighted by Crippen LogP contribution is -2.44. The molecular weight excluding hydrogens is 310 g/mol. The zero-order valence-corrected chi connectivity index (χ0v) is 14.2. The summed E-state index contributed by atoms with van der Waals surface area (Å²) < 4.78 is 11.9. The van der Waals surface area contributed by atoms with Crippen molar-refractivity contribution >= 4 is 12.4 Å². The molecule has 1 unspecified atom stereocenters. The smallest absolute Gasteiger partial charge is 0.131 e. The second-order valence-electron chi connectivity index (χ2n) is 5.77. The quantitative estimate of drug-likeness (QED) is 0.851. The molecule has 2 aromatic carbocycles. The van der Waals surface area contributed by atoms with Gasteiger partial charge in [-0.15, -0.1) is 12.4 Å². The van der Waals surface area contributed by atoms with Crippen molar-refractivity contribution in [3.63, 3.8) is 0 Å². The Morgan fingerprint density at radius 1 is 0.957 bits per heavy atom. The summed E-state index contributed by atoms with van der Waals surface area (Å²) in [5.41, 5.74) is 0. The molecule has 1 aliphatic heterocycles. The highest BCUT2D eigenvalue weighted by molar-refractivity contribution is 5.85. The zero-order chi connectivity index (χ0) is 15.2. The van der Waals surface area contributed by atoms with Crippen molar-refractivity contribution in [1.29, 1.82) is 0 Å². The largest absolute Gasteiger partial charge is 0.489 e. The van der Waals surface area contributed by atoms with Gasteiger partial charge in [0, 0.05) is 12.1 Å². The highest BCUT2D eigenvalue weighted by Gasteiger charge is 2.20. The number of hydrogen-bond donors (Lipinski definition) is 1. The standard InChI is InChI=1S/C19H23NO2.ClH/c1-15(19-12-5-6-13-20-19)21-17-10-7-11-18(14-17)22-16-8-3-2-4-9-16;/h2-4,7-11,14-15,19-20H,5-6,12-13H2,1H3;1H/t15?,19-;/m0./s1. The van der Waals surface area contributed by atoms with Crippen LogP contribution < -0.4 is 14.8 Å². The molecule has 1 aliphatic rings. The molecule has 1 fully saturated rings. The zero-order valence-electron chi connectivity index (χ0n) is 13.4. The summed E-state index contributed by atoms with van der Waals surface area (Å²) in [6.07, 6.45) is 3.89. The Morgan fingerprint density at radius 2 is 1.70 bits per heavy atom. The number of benzene rings is 2. The first-order chi connectivity index (χ1) is 10.8. The number of para-hydroxylation sites is 1. The minimum Gasteiger partial charge on any atom is -0.489 e. The predicted molar refractivity (Wildman–Crippen MR) is 95.9 cm³/mol. The van der Waals surface area contributed by atoms with Crippen molar-refractivity contribution in [1.82, 2.24) is 5.32 Å². The molecule has 0 aromatic heterocycles. The van der Waals surface area contributed by atoms with E-state index >= 15 is 0 Å².